The van der Waals surface area contributed by atoms with Crippen molar-refractivity contribution >= 4 is 11.8 Å². The molecule has 5 rings (SSSR count). The highest BCUT2D eigenvalue weighted by Crippen LogP contribution is 2.72. The van der Waals surface area contributed by atoms with Gasteiger partial charge in [-0.15, -0.1) is 0 Å². The topological polar surface area (TPSA) is 63.6 Å². The van der Waals surface area contributed by atoms with E-state index in [2.05, 4.69) is 40.7 Å². The fourth-order valence-corrected chi connectivity index (χ4v) is 9.30. The Morgan fingerprint density at radius 1 is 1.07 bits per heavy atom. The van der Waals surface area contributed by atoms with Crippen LogP contribution in [0.5, 0.6) is 0 Å². The number of ether oxygens (including phenoxy) is 1. The average Bonchev–Trinajstić information content (AvgIpc) is 3.25. The molecule has 0 bridgehead atoms. The molecule has 0 aromatic heterocycles. The molecule has 0 amide bonds. The molecule has 4 aliphatic carbocycles. The second-order valence-corrected chi connectivity index (χ2v) is 12.4. The van der Waals surface area contributed by atoms with Crippen LogP contribution in [0, 0.1) is 45.3 Å². The summed E-state index contributed by atoms with van der Waals surface area (Å²) >= 11 is 0. The summed E-state index contributed by atoms with van der Waals surface area (Å²) in [5.41, 5.74) is 0.959. The van der Waals surface area contributed by atoms with E-state index in [1.165, 1.54) is 5.57 Å². The number of Topliss-reactive ketones (excluding diaryl/α,β-unsaturated/α-hetero) is 1. The van der Waals surface area contributed by atoms with Crippen molar-refractivity contribution in [1.82, 2.24) is 0 Å². The van der Waals surface area contributed by atoms with Crippen molar-refractivity contribution < 1.29 is 19.4 Å². The number of cyclic esters (lactones) is 1. The number of carbonyl (C=O) groups is 2. The molecule has 4 nitrogen and oxygen atoms in total. The summed E-state index contributed by atoms with van der Waals surface area (Å²) in [5, 5.41) is 11.7. The van der Waals surface area contributed by atoms with E-state index in [0.717, 1.165) is 25.7 Å². The van der Waals surface area contributed by atoms with Crippen molar-refractivity contribution in [2.45, 2.75) is 85.7 Å². The van der Waals surface area contributed by atoms with Gasteiger partial charge >= 0.3 is 5.97 Å². The first-order chi connectivity index (χ1) is 14.0. The zero-order chi connectivity index (χ0) is 21.7. The van der Waals surface area contributed by atoms with Crippen LogP contribution >= 0.6 is 0 Å². The van der Waals surface area contributed by atoms with Crippen molar-refractivity contribution in [2.24, 2.45) is 45.3 Å². The van der Waals surface area contributed by atoms with E-state index >= 15 is 0 Å². The minimum Gasteiger partial charge on any atom is -0.465 e. The second kappa shape index (κ2) is 6.21. The van der Waals surface area contributed by atoms with Crippen LogP contribution in [0.15, 0.2) is 11.6 Å². The van der Waals surface area contributed by atoms with Gasteiger partial charge < -0.3 is 9.84 Å². The third-order valence-electron chi connectivity index (χ3n) is 10.9. The molecule has 30 heavy (non-hydrogen) atoms. The molecule has 0 spiro atoms. The summed E-state index contributed by atoms with van der Waals surface area (Å²) in [6.07, 6.45) is 8.07. The van der Waals surface area contributed by atoms with Gasteiger partial charge in [0.1, 0.15) is 5.78 Å². The molecule has 4 heteroatoms. The fourth-order valence-electron chi connectivity index (χ4n) is 9.30. The first kappa shape index (κ1) is 20.7. The van der Waals surface area contributed by atoms with Gasteiger partial charge in [-0.3, -0.25) is 9.59 Å². The van der Waals surface area contributed by atoms with E-state index < -0.39 is 6.10 Å². The molecule has 4 fully saturated rings. The van der Waals surface area contributed by atoms with Crippen LogP contribution < -0.4 is 0 Å². The minimum absolute atomic E-state index is 0.0358. The molecular formula is C26H38O4. The van der Waals surface area contributed by atoms with E-state index in [9.17, 15) is 14.7 Å². The first-order valence-electron chi connectivity index (χ1n) is 12.0. The third-order valence-corrected chi connectivity index (χ3v) is 10.9. The SMILES string of the molecule is CC1(C)C(=O)CC[C@]2(C)[C@H]3CC[C@]4(C)C(=CC[C@H]4[C@@H]4COC(=O)C4)[C@]3(C)[C@H](O)C[C@@H]12. The van der Waals surface area contributed by atoms with E-state index in [0.29, 0.717) is 49.4 Å². The molecule has 0 radical (unpaired) electrons. The van der Waals surface area contributed by atoms with Gasteiger partial charge in [0.15, 0.2) is 0 Å². The largest absolute Gasteiger partial charge is 0.465 e. The number of hydrogen-bond acceptors (Lipinski definition) is 4. The third kappa shape index (κ3) is 2.38. The number of allylic oxidation sites excluding steroid dienone is 1. The second-order valence-electron chi connectivity index (χ2n) is 12.4. The summed E-state index contributed by atoms with van der Waals surface area (Å²) < 4.78 is 5.33. The summed E-state index contributed by atoms with van der Waals surface area (Å²) in [4.78, 5) is 24.6. The number of aliphatic hydroxyl groups excluding tert-OH is 1. The van der Waals surface area contributed by atoms with Crippen LogP contribution in [0.1, 0.15) is 79.6 Å². The van der Waals surface area contributed by atoms with Crippen LogP contribution in [0.3, 0.4) is 0 Å². The van der Waals surface area contributed by atoms with E-state index in [4.69, 9.17) is 4.74 Å². The van der Waals surface area contributed by atoms with Crippen LogP contribution in [0.4, 0.5) is 0 Å². The Labute approximate surface area is 180 Å². The van der Waals surface area contributed by atoms with E-state index in [1.807, 2.05) is 0 Å². The van der Waals surface area contributed by atoms with Gasteiger partial charge in [0.2, 0.25) is 0 Å². The Bertz CT molecular complexity index is 827. The van der Waals surface area contributed by atoms with Gasteiger partial charge in [-0.25, -0.2) is 0 Å². The zero-order valence-corrected chi connectivity index (χ0v) is 19.3. The highest BCUT2D eigenvalue weighted by Gasteiger charge is 2.68. The Balaban J connectivity index is 1.53. The maximum absolute atomic E-state index is 12.8. The van der Waals surface area contributed by atoms with Crippen molar-refractivity contribution in [3.05, 3.63) is 11.6 Å². The first-order valence-corrected chi connectivity index (χ1v) is 12.0. The molecule has 8 atom stereocenters. The van der Waals surface area contributed by atoms with E-state index in [1.54, 1.807) is 0 Å². The maximum atomic E-state index is 12.8. The Morgan fingerprint density at radius 2 is 1.80 bits per heavy atom. The summed E-state index contributed by atoms with van der Waals surface area (Å²) in [6.45, 7) is 11.9. The zero-order valence-electron chi connectivity index (χ0n) is 19.3. The lowest BCUT2D eigenvalue weighted by Crippen LogP contribution is -2.64. The van der Waals surface area contributed by atoms with Crippen molar-refractivity contribution in [1.29, 1.82) is 0 Å². The molecule has 1 aliphatic heterocycles. The number of fused-ring (bicyclic) bond motifs is 5. The van der Waals surface area contributed by atoms with E-state index in [-0.39, 0.29) is 33.5 Å². The van der Waals surface area contributed by atoms with Gasteiger partial charge in [-0.05, 0) is 60.7 Å². The number of hydrogen-bond donors (Lipinski definition) is 1. The van der Waals surface area contributed by atoms with Gasteiger partial charge in [0.25, 0.3) is 0 Å². The lowest BCUT2D eigenvalue weighted by molar-refractivity contribution is -0.191. The van der Waals surface area contributed by atoms with Crippen molar-refractivity contribution in [3.8, 4) is 0 Å². The molecule has 1 saturated heterocycles. The highest BCUT2D eigenvalue weighted by molar-refractivity contribution is 5.85. The molecular weight excluding hydrogens is 376 g/mol. The molecule has 3 saturated carbocycles. The number of rotatable bonds is 1. The predicted molar refractivity (Wildman–Crippen MR) is 114 cm³/mol. The molecule has 0 aromatic carbocycles. The molecule has 0 aromatic rings. The van der Waals surface area contributed by atoms with Crippen LogP contribution in [-0.4, -0.2) is 29.6 Å². The molecule has 0 unspecified atom stereocenters. The summed E-state index contributed by atoms with van der Waals surface area (Å²) in [7, 11) is 0. The lowest BCUT2D eigenvalue weighted by Gasteiger charge is -2.67. The normalized spacial score (nSPS) is 52.2. The maximum Gasteiger partial charge on any atom is 0.306 e. The number of aliphatic hydroxyl groups is 1. The summed E-state index contributed by atoms with van der Waals surface area (Å²) in [5.74, 6) is 1.67. The monoisotopic (exact) mass is 414 g/mol. The fraction of sp³-hybridized carbons (Fsp3) is 0.846. The van der Waals surface area contributed by atoms with Gasteiger partial charge in [0.05, 0.1) is 19.1 Å². The Kier molecular flexibility index (Phi) is 4.29. The van der Waals surface area contributed by atoms with Crippen LogP contribution in [0.2, 0.25) is 0 Å². The highest BCUT2D eigenvalue weighted by atomic mass is 16.5. The molecule has 1 N–H and O–H groups in total. The van der Waals surface area contributed by atoms with Crippen LogP contribution in [0.25, 0.3) is 0 Å². The Hall–Kier alpha value is -1.16. The molecule has 1 heterocycles. The average molecular weight is 415 g/mol. The van der Waals surface area contributed by atoms with Crippen molar-refractivity contribution in [2.75, 3.05) is 6.61 Å². The molecule has 5 aliphatic rings. The van der Waals surface area contributed by atoms with Crippen molar-refractivity contribution in [3.63, 3.8) is 0 Å². The van der Waals surface area contributed by atoms with Gasteiger partial charge in [-0.2, -0.15) is 0 Å². The standard InChI is InChI=1S/C26H38O4/c1-23(2)19-13-21(28)26(5)17-7-6-16(15-12-22(29)30-14-15)24(17,3)10-8-18(26)25(19,4)11-9-20(23)27/h7,15-16,18-19,21,28H,6,8-14H2,1-5H3/t15-,16-,18+,19-,21+,24-,25+,26-/m0/s1. The number of ketones is 1. The smallest absolute Gasteiger partial charge is 0.306 e. The minimum atomic E-state index is -0.420. The summed E-state index contributed by atoms with van der Waals surface area (Å²) in [6, 6.07) is 0. The van der Waals surface area contributed by atoms with Crippen LogP contribution in [-0.2, 0) is 14.3 Å². The quantitative estimate of drug-likeness (QED) is 0.499. The lowest BCUT2D eigenvalue weighted by atomic mass is 9.37. The number of esters is 1. The van der Waals surface area contributed by atoms with Gasteiger partial charge in [-0.1, -0.05) is 46.3 Å². The Morgan fingerprint density at radius 3 is 2.47 bits per heavy atom. The van der Waals surface area contributed by atoms with Gasteiger partial charge in [0, 0.05) is 23.2 Å². The number of carbonyl (C=O) groups excluding carboxylic acids is 2. The molecule has 166 valence electrons. The predicted octanol–water partition coefficient (Wildman–Crippen LogP) is 4.69.